The van der Waals surface area contributed by atoms with Crippen molar-refractivity contribution in [2.75, 3.05) is 20.5 Å². The zero-order valence-corrected chi connectivity index (χ0v) is 18.4. The highest BCUT2D eigenvalue weighted by atomic mass is 16.7. The molecule has 1 N–H and O–H groups in total. The summed E-state index contributed by atoms with van der Waals surface area (Å²) in [4.78, 5) is 12.6. The van der Waals surface area contributed by atoms with Gasteiger partial charge in [-0.15, -0.1) is 0 Å². The number of carbonyl (C=O) groups excluding carboxylic acids is 1. The van der Waals surface area contributed by atoms with Crippen LogP contribution in [-0.2, 0) is 9.53 Å². The van der Waals surface area contributed by atoms with E-state index in [4.69, 9.17) is 18.9 Å². The summed E-state index contributed by atoms with van der Waals surface area (Å²) < 4.78 is 21.6. The first-order valence-corrected chi connectivity index (χ1v) is 11.0. The second kappa shape index (κ2) is 11.5. The Bertz CT molecular complexity index is 846. The monoisotopic (exact) mass is 428 g/mol. The van der Waals surface area contributed by atoms with Gasteiger partial charge in [0.25, 0.3) is 0 Å². The standard InChI is InChI=1S/C25H32O6/c1-3-4-5-6-7-8-13-29-25(27)15-20(18-9-11-19(28-2)12-10-18)21-14-23-24(16-22(21)26)31-17-30-23/h9-12,14,16,20,26H,3-8,13,15,17H2,1-2H3. The van der Waals surface area contributed by atoms with Gasteiger partial charge in [0.05, 0.1) is 20.1 Å². The number of hydrogen-bond donors (Lipinski definition) is 1. The minimum Gasteiger partial charge on any atom is -0.508 e. The van der Waals surface area contributed by atoms with Crippen LogP contribution in [0, 0.1) is 0 Å². The summed E-state index contributed by atoms with van der Waals surface area (Å²) in [6.45, 7) is 2.73. The van der Waals surface area contributed by atoms with E-state index in [0.717, 1.165) is 24.2 Å². The molecule has 0 aromatic heterocycles. The van der Waals surface area contributed by atoms with Gasteiger partial charge in [-0.2, -0.15) is 0 Å². The van der Waals surface area contributed by atoms with Crippen LogP contribution >= 0.6 is 0 Å². The molecule has 3 rings (SSSR count). The van der Waals surface area contributed by atoms with Gasteiger partial charge in [-0.1, -0.05) is 51.2 Å². The molecule has 6 heteroatoms. The number of hydrogen-bond acceptors (Lipinski definition) is 6. The molecule has 0 saturated heterocycles. The quantitative estimate of drug-likeness (QED) is 0.353. The van der Waals surface area contributed by atoms with Crippen LogP contribution in [0.2, 0.25) is 0 Å². The number of rotatable bonds is 12. The van der Waals surface area contributed by atoms with Gasteiger partial charge < -0.3 is 24.1 Å². The zero-order valence-electron chi connectivity index (χ0n) is 18.4. The van der Waals surface area contributed by atoms with Crippen molar-refractivity contribution in [3.63, 3.8) is 0 Å². The predicted molar refractivity (Wildman–Crippen MR) is 118 cm³/mol. The van der Waals surface area contributed by atoms with Crippen molar-refractivity contribution in [3.05, 3.63) is 47.5 Å². The molecule has 1 unspecified atom stereocenters. The molecule has 0 amide bonds. The number of unbranched alkanes of at least 4 members (excludes halogenated alkanes) is 5. The van der Waals surface area contributed by atoms with E-state index in [1.165, 1.54) is 31.7 Å². The second-order valence-electron chi connectivity index (χ2n) is 7.78. The molecule has 0 aliphatic carbocycles. The fourth-order valence-electron chi connectivity index (χ4n) is 3.76. The summed E-state index contributed by atoms with van der Waals surface area (Å²) in [6.07, 6.45) is 6.93. The third-order valence-corrected chi connectivity index (χ3v) is 5.55. The lowest BCUT2D eigenvalue weighted by molar-refractivity contribution is -0.144. The first-order chi connectivity index (χ1) is 15.1. The molecule has 1 aliphatic heterocycles. The van der Waals surface area contributed by atoms with Crippen LogP contribution in [0.4, 0.5) is 0 Å². The lowest BCUT2D eigenvalue weighted by Gasteiger charge is -2.19. The molecule has 1 heterocycles. The number of ether oxygens (including phenoxy) is 4. The summed E-state index contributed by atoms with van der Waals surface area (Å²) in [7, 11) is 1.61. The van der Waals surface area contributed by atoms with E-state index >= 15 is 0 Å². The van der Waals surface area contributed by atoms with Gasteiger partial charge >= 0.3 is 5.97 Å². The van der Waals surface area contributed by atoms with Crippen LogP contribution < -0.4 is 14.2 Å². The van der Waals surface area contributed by atoms with Gasteiger partial charge in [-0.05, 0) is 30.2 Å². The highest BCUT2D eigenvalue weighted by molar-refractivity contribution is 5.72. The van der Waals surface area contributed by atoms with E-state index in [2.05, 4.69) is 6.92 Å². The number of aromatic hydroxyl groups is 1. The lowest BCUT2D eigenvalue weighted by atomic mass is 9.87. The van der Waals surface area contributed by atoms with Crippen LogP contribution in [0.5, 0.6) is 23.0 Å². The molecule has 0 bridgehead atoms. The third-order valence-electron chi connectivity index (χ3n) is 5.55. The number of fused-ring (bicyclic) bond motifs is 1. The smallest absolute Gasteiger partial charge is 0.306 e. The molecule has 168 valence electrons. The van der Waals surface area contributed by atoms with Crippen molar-refractivity contribution in [1.82, 2.24) is 0 Å². The van der Waals surface area contributed by atoms with E-state index in [1.807, 2.05) is 24.3 Å². The van der Waals surface area contributed by atoms with Gasteiger partial charge in [0.15, 0.2) is 11.5 Å². The fourth-order valence-corrected chi connectivity index (χ4v) is 3.76. The Hall–Kier alpha value is -2.89. The van der Waals surface area contributed by atoms with Crippen LogP contribution in [0.3, 0.4) is 0 Å². The molecule has 1 atom stereocenters. The fraction of sp³-hybridized carbons (Fsp3) is 0.480. The van der Waals surface area contributed by atoms with Crippen LogP contribution in [0.25, 0.3) is 0 Å². The molecule has 0 saturated carbocycles. The molecular formula is C25H32O6. The molecule has 0 spiro atoms. The minimum atomic E-state index is -0.377. The van der Waals surface area contributed by atoms with Gasteiger partial charge in [0.1, 0.15) is 11.5 Å². The number of phenols is 1. The van der Waals surface area contributed by atoms with Gasteiger partial charge in [0.2, 0.25) is 6.79 Å². The topological polar surface area (TPSA) is 74.2 Å². The Balaban J connectivity index is 1.69. The molecule has 2 aromatic carbocycles. The van der Waals surface area contributed by atoms with E-state index < -0.39 is 0 Å². The number of esters is 1. The second-order valence-corrected chi connectivity index (χ2v) is 7.78. The number of benzene rings is 2. The third kappa shape index (κ3) is 6.29. The number of carbonyl (C=O) groups is 1. The Kier molecular flexibility index (Phi) is 8.44. The number of methoxy groups -OCH3 is 1. The zero-order chi connectivity index (χ0) is 22.1. The molecule has 6 nitrogen and oxygen atoms in total. The first-order valence-electron chi connectivity index (χ1n) is 11.0. The highest BCUT2D eigenvalue weighted by Gasteiger charge is 2.26. The average molecular weight is 429 g/mol. The SMILES string of the molecule is CCCCCCCCOC(=O)CC(c1ccc(OC)cc1)c1cc2c(cc1O)OCO2. The van der Waals surface area contributed by atoms with E-state index in [1.54, 1.807) is 13.2 Å². The predicted octanol–water partition coefficient (Wildman–Crippen LogP) is 5.56. The van der Waals surface area contributed by atoms with Crippen LogP contribution in [-0.4, -0.2) is 31.6 Å². The summed E-state index contributed by atoms with van der Waals surface area (Å²) in [5.41, 5.74) is 1.48. The Morgan fingerprint density at radius 2 is 1.71 bits per heavy atom. The van der Waals surface area contributed by atoms with E-state index in [0.29, 0.717) is 23.7 Å². The lowest BCUT2D eigenvalue weighted by Crippen LogP contribution is -2.13. The van der Waals surface area contributed by atoms with Gasteiger partial charge in [0, 0.05) is 17.5 Å². The Labute approximate surface area is 184 Å². The van der Waals surface area contributed by atoms with Crippen LogP contribution in [0.15, 0.2) is 36.4 Å². The highest BCUT2D eigenvalue weighted by Crippen LogP contribution is 2.43. The van der Waals surface area contributed by atoms with Crippen molar-refractivity contribution in [3.8, 4) is 23.0 Å². The summed E-state index contributed by atoms with van der Waals surface area (Å²) in [5.74, 6) is 1.19. The largest absolute Gasteiger partial charge is 0.508 e. The Morgan fingerprint density at radius 1 is 1.03 bits per heavy atom. The van der Waals surface area contributed by atoms with Crippen LogP contribution in [0.1, 0.15) is 68.9 Å². The maximum atomic E-state index is 12.6. The molecular weight excluding hydrogens is 396 g/mol. The van der Waals surface area contributed by atoms with Crippen molar-refractivity contribution in [1.29, 1.82) is 0 Å². The van der Waals surface area contributed by atoms with E-state index in [9.17, 15) is 9.90 Å². The molecule has 2 aromatic rings. The van der Waals surface area contributed by atoms with Crippen molar-refractivity contribution >= 4 is 5.97 Å². The van der Waals surface area contributed by atoms with Crippen molar-refractivity contribution in [2.24, 2.45) is 0 Å². The van der Waals surface area contributed by atoms with Gasteiger partial charge in [-0.3, -0.25) is 4.79 Å². The van der Waals surface area contributed by atoms with Gasteiger partial charge in [-0.25, -0.2) is 0 Å². The number of phenolic OH excluding ortho intramolecular Hbond substituents is 1. The summed E-state index contributed by atoms with van der Waals surface area (Å²) in [6, 6.07) is 10.8. The normalized spacial score (nSPS) is 13.1. The summed E-state index contributed by atoms with van der Waals surface area (Å²) >= 11 is 0. The average Bonchev–Trinajstić information content (AvgIpc) is 3.23. The van der Waals surface area contributed by atoms with E-state index in [-0.39, 0.29) is 30.9 Å². The van der Waals surface area contributed by atoms with Crippen molar-refractivity contribution in [2.45, 2.75) is 57.8 Å². The molecule has 1 aliphatic rings. The molecule has 0 radical (unpaired) electrons. The maximum Gasteiger partial charge on any atom is 0.306 e. The van der Waals surface area contributed by atoms with Crippen molar-refractivity contribution < 1.29 is 28.8 Å². The molecule has 31 heavy (non-hydrogen) atoms. The minimum absolute atomic E-state index is 0.0637. The molecule has 0 fully saturated rings. The summed E-state index contributed by atoms with van der Waals surface area (Å²) in [5, 5.41) is 10.6. The Morgan fingerprint density at radius 3 is 2.42 bits per heavy atom. The first kappa shape index (κ1) is 22.8. The maximum absolute atomic E-state index is 12.6.